The van der Waals surface area contributed by atoms with Crippen molar-refractivity contribution in [3.05, 3.63) is 41.3 Å². The number of benzene rings is 1. The quantitative estimate of drug-likeness (QED) is 0.465. The average molecular weight is 516 g/mol. The lowest BCUT2D eigenvalue weighted by molar-refractivity contribution is -0.130. The van der Waals surface area contributed by atoms with E-state index in [0.717, 1.165) is 12.8 Å². The Balaban J connectivity index is 1.48. The minimum Gasteiger partial charge on any atom is -0.493 e. The molecule has 0 spiro atoms. The van der Waals surface area contributed by atoms with Crippen molar-refractivity contribution < 1.29 is 27.5 Å². The summed E-state index contributed by atoms with van der Waals surface area (Å²) in [6, 6.07) is 3.34. The molecule has 1 saturated carbocycles. The summed E-state index contributed by atoms with van der Waals surface area (Å²) in [7, 11) is 0. The molecule has 1 saturated heterocycles. The molecule has 5 rings (SSSR count). The lowest BCUT2D eigenvalue weighted by Gasteiger charge is -2.16. The van der Waals surface area contributed by atoms with Crippen molar-refractivity contribution in [3.63, 3.8) is 0 Å². The second-order valence-electron chi connectivity index (χ2n) is 9.63. The van der Waals surface area contributed by atoms with E-state index in [9.17, 15) is 22.8 Å². The Kier molecular flexibility index (Phi) is 6.78. The summed E-state index contributed by atoms with van der Waals surface area (Å²) in [6.07, 6.45) is -0.411. The van der Waals surface area contributed by atoms with Crippen LogP contribution in [0.2, 0.25) is 0 Å². The van der Waals surface area contributed by atoms with Crippen LogP contribution in [0.4, 0.5) is 13.2 Å². The zero-order valence-corrected chi connectivity index (χ0v) is 20.6. The molecule has 2 aromatic heterocycles. The van der Waals surface area contributed by atoms with Gasteiger partial charge in [-0.2, -0.15) is 0 Å². The maximum absolute atomic E-state index is 14.6. The van der Waals surface area contributed by atoms with E-state index in [1.165, 1.54) is 29.4 Å². The van der Waals surface area contributed by atoms with Crippen LogP contribution >= 0.6 is 0 Å². The van der Waals surface area contributed by atoms with E-state index in [4.69, 9.17) is 4.74 Å². The van der Waals surface area contributed by atoms with Crippen molar-refractivity contribution in [2.45, 2.75) is 51.7 Å². The Bertz CT molecular complexity index is 1340. The van der Waals surface area contributed by atoms with Gasteiger partial charge in [-0.1, -0.05) is 6.92 Å². The predicted octanol–water partition coefficient (Wildman–Crippen LogP) is 4.35. The molecule has 3 aromatic rings. The number of nitrogens with zero attached hydrogens (tertiary/aromatic N) is 3. The van der Waals surface area contributed by atoms with Crippen molar-refractivity contribution >= 4 is 22.8 Å². The first-order valence-electron chi connectivity index (χ1n) is 12.4. The Morgan fingerprint density at radius 3 is 2.73 bits per heavy atom. The maximum Gasteiger partial charge on any atom is 0.263 e. The van der Waals surface area contributed by atoms with E-state index in [2.05, 4.69) is 20.3 Å². The highest BCUT2D eigenvalue weighted by atomic mass is 19.3. The first-order valence-corrected chi connectivity index (χ1v) is 12.4. The summed E-state index contributed by atoms with van der Waals surface area (Å²) >= 11 is 0. The fourth-order valence-corrected chi connectivity index (χ4v) is 4.66. The van der Waals surface area contributed by atoms with Crippen molar-refractivity contribution in [3.8, 4) is 17.0 Å². The van der Waals surface area contributed by atoms with E-state index in [-0.39, 0.29) is 42.1 Å². The minimum atomic E-state index is -2.68. The fourth-order valence-electron chi connectivity index (χ4n) is 4.66. The molecular weight excluding hydrogens is 487 g/mol. The SMILES string of the molecule is CCC(=O)N1C[C@H](NC(=O)c2c(C)[nH]c3c(-c4cc(C(F)F)ccc4OCC4CC4)ncnc23)[C@@H](F)C1. The second-order valence-corrected chi connectivity index (χ2v) is 9.63. The summed E-state index contributed by atoms with van der Waals surface area (Å²) in [5.74, 6) is 0.153. The molecule has 2 atom stereocenters. The molecule has 8 nitrogen and oxygen atoms in total. The van der Waals surface area contributed by atoms with Gasteiger partial charge in [-0.05, 0) is 43.9 Å². The molecular formula is C26H28F3N5O3. The number of carbonyl (C=O) groups is 2. The Morgan fingerprint density at radius 2 is 2.03 bits per heavy atom. The Morgan fingerprint density at radius 1 is 1.24 bits per heavy atom. The molecule has 1 aliphatic heterocycles. The highest BCUT2D eigenvalue weighted by Crippen LogP contribution is 2.38. The summed E-state index contributed by atoms with van der Waals surface area (Å²) in [6.45, 7) is 3.88. The number of alkyl halides is 3. The van der Waals surface area contributed by atoms with Crippen LogP contribution in [0, 0.1) is 12.8 Å². The van der Waals surface area contributed by atoms with Crippen molar-refractivity contribution in [2.75, 3.05) is 19.7 Å². The van der Waals surface area contributed by atoms with Crippen LogP contribution in [0.3, 0.4) is 0 Å². The van der Waals surface area contributed by atoms with Crippen LogP contribution in [0.1, 0.15) is 54.2 Å². The van der Waals surface area contributed by atoms with E-state index < -0.39 is 24.5 Å². The topological polar surface area (TPSA) is 100 Å². The third kappa shape index (κ3) is 4.99. The number of fused-ring (bicyclic) bond motifs is 1. The van der Waals surface area contributed by atoms with Crippen molar-refractivity contribution in [2.24, 2.45) is 5.92 Å². The molecule has 2 fully saturated rings. The number of H-pyrrole nitrogens is 1. The number of amides is 2. The maximum atomic E-state index is 14.6. The molecule has 0 radical (unpaired) electrons. The van der Waals surface area contributed by atoms with E-state index in [1.807, 2.05) is 0 Å². The molecule has 1 aromatic carbocycles. The molecule has 2 amide bonds. The van der Waals surface area contributed by atoms with Crippen LogP contribution in [0.5, 0.6) is 5.75 Å². The number of ether oxygens (including phenoxy) is 1. The van der Waals surface area contributed by atoms with Gasteiger partial charge in [0.15, 0.2) is 0 Å². The van der Waals surface area contributed by atoms with Crippen LogP contribution in [0.25, 0.3) is 22.3 Å². The highest BCUT2D eigenvalue weighted by molar-refractivity contribution is 6.09. The third-order valence-corrected chi connectivity index (χ3v) is 6.90. The molecule has 3 heterocycles. The number of rotatable bonds is 8. The van der Waals surface area contributed by atoms with Crippen molar-refractivity contribution in [1.82, 2.24) is 25.2 Å². The monoisotopic (exact) mass is 515 g/mol. The molecule has 2 aliphatic rings. The largest absolute Gasteiger partial charge is 0.493 e. The first-order chi connectivity index (χ1) is 17.8. The van der Waals surface area contributed by atoms with Gasteiger partial charge in [0.25, 0.3) is 12.3 Å². The molecule has 37 heavy (non-hydrogen) atoms. The highest BCUT2D eigenvalue weighted by Gasteiger charge is 2.36. The lowest BCUT2D eigenvalue weighted by Crippen LogP contribution is -2.42. The van der Waals surface area contributed by atoms with E-state index in [0.29, 0.717) is 40.7 Å². The van der Waals surface area contributed by atoms with E-state index in [1.54, 1.807) is 13.8 Å². The van der Waals surface area contributed by atoms with Gasteiger partial charge in [-0.3, -0.25) is 9.59 Å². The minimum absolute atomic E-state index is 0.0685. The fraction of sp³-hybridized carbons (Fsp3) is 0.462. The van der Waals surface area contributed by atoms with Gasteiger partial charge in [0.2, 0.25) is 5.91 Å². The lowest BCUT2D eigenvalue weighted by atomic mass is 10.0. The summed E-state index contributed by atoms with van der Waals surface area (Å²) in [4.78, 5) is 38.4. The number of likely N-dealkylation sites (tertiary alicyclic amines) is 1. The van der Waals surface area contributed by atoms with E-state index >= 15 is 0 Å². The number of hydrogen-bond acceptors (Lipinski definition) is 5. The number of nitrogens with one attached hydrogen (secondary N) is 2. The summed E-state index contributed by atoms with van der Waals surface area (Å²) in [5.41, 5.74) is 1.86. The van der Waals surface area contributed by atoms with Crippen LogP contribution in [0.15, 0.2) is 24.5 Å². The predicted molar refractivity (Wildman–Crippen MR) is 130 cm³/mol. The van der Waals surface area contributed by atoms with Crippen LogP contribution < -0.4 is 10.1 Å². The normalized spacial score (nSPS) is 19.6. The number of aromatic nitrogens is 3. The zero-order chi connectivity index (χ0) is 26.3. The number of aryl methyl sites for hydroxylation is 1. The van der Waals surface area contributed by atoms with Crippen LogP contribution in [-0.4, -0.2) is 63.6 Å². The Hall–Kier alpha value is -3.63. The van der Waals surface area contributed by atoms with Gasteiger partial charge >= 0.3 is 0 Å². The molecule has 196 valence electrons. The van der Waals surface area contributed by atoms with Gasteiger partial charge in [0.05, 0.1) is 30.3 Å². The van der Waals surface area contributed by atoms with Crippen LogP contribution in [-0.2, 0) is 4.79 Å². The molecule has 2 N–H and O–H groups in total. The summed E-state index contributed by atoms with van der Waals surface area (Å²) in [5, 5.41) is 2.70. The van der Waals surface area contributed by atoms with Gasteiger partial charge in [0, 0.05) is 29.8 Å². The molecule has 1 aliphatic carbocycles. The van der Waals surface area contributed by atoms with Gasteiger partial charge in [0.1, 0.15) is 29.5 Å². The smallest absolute Gasteiger partial charge is 0.263 e. The third-order valence-electron chi connectivity index (χ3n) is 6.90. The number of hydrogen-bond donors (Lipinski definition) is 2. The average Bonchev–Trinajstić information content (AvgIpc) is 3.55. The van der Waals surface area contributed by atoms with Gasteiger partial charge < -0.3 is 19.9 Å². The van der Waals surface area contributed by atoms with Gasteiger partial charge in [-0.15, -0.1) is 0 Å². The number of carbonyl (C=O) groups excluding carboxylic acids is 2. The number of aromatic amines is 1. The standard InChI is InChI=1S/C26H28F3N5O3/c1-3-20(35)34-9-17(27)18(10-34)33-26(36)21-13(2)32-24-22(30-12-31-23(21)24)16-8-15(25(28)29)6-7-19(16)37-11-14-4-5-14/h6-8,12,14,17-18,25,32H,3-5,9-11H2,1-2H3,(H,33,36)/t17-,18-/m0/s1. The second kappa shape index (κ2) is 10.0. The number of halogens is 3. The van der Waals surface area contributed by atoms with Crippen molar-refractivity contribution in [1.29, 1.82) is 0 Å². The molecule has 0 bridgehead atoms. The summed E-state index contributed by atoms with van der Waals surface area (Å²) < 4.78 is 47.6. The van der Waals surface area contributed by atoms with Gasteiger partial charge in [-0.25, -0.2) is 23.1 Å². The Labute approximate surface area is 211 Å². The zero-order valence-electron chi connectivity index (χ0n) is 20.6. The molecule has 11 heteroatoms. The molecule has 0 unspecified atom stereocenters. The first kappa shape index (κ1) is 25.0.